The SMILES string of the molecule is CCNC(=NCCCOC)NCCCCn1ccccc1=O. The Hall–Kier alpha value is -1.82. The zero-order chi connectivity index (χ0) is 16.0. The Balaban J connectivity index is 2.22. The minimum absolute atomic E-state index is 0.0588. The average Bonchev–Trinajstić information content (AvgIpc) is 2.52. The number of aromatic nitrogens is 1. The molecule has 0 saturated carbocycles. The third-order valence-electron chi connectivity index (χ3n) is 3.14. The fourth-order valence-electron chi connectivity index (χ4n) is 2.00. The van der Waals surface area contributed by atoms with Crippen LogP contribution in [0.4, 0.5) is 0 Å². The van der Waals surface area contributed by atoms with E-state index in [9.17, 15) is 4.79 Å². The average molecular weight is 308 g/mol. The van der Waals surface area contributed by atoms with E-state index < -0.39 is 0 Å². The molecule has 0 aliphatic rings. The first-order valence-electron chi connectivity index (χ1n) is 7.94. The van der Waals surface area contributed by atoms with Crippen LogP contribution >= 0.6 is 0 Å². The van der Waals surface area contributed by atoms with Gasteiger partial charge in [0.15, 0.2) is 5.96 Å². The van der Waals surface area contributed by atoms with Gasteiger partial charge < -0.3 is 19.9 Å². The van der Waals surface area contributed by atoms with Crippen LogP contribution in [0.1, 0.15) is 26.2 Å². The van der Waals surface area contributed by atoms with E-state index in [1.165, 1.54) is 0 Å². The largest absolute Gasteiger partial charge is 0.385 e. The van der Waals surface area contributed by atoms with Crippen LogP contribution in [0.2, 0.25) is 0 Å². The van der Waals surface area contributed by atoms with Crippen molar-refractivity contribution in [3.63, 3.8) is 0 Å². The van der Waals surface area contributed by atoms with Crippen LogP contribution in [0.25, 0.3) is 0 Å². The highest BCUT2D eigenvalue weighted by Crippen LogP contribution is 1.92. The summed E-state index contributed by atoms with van der Waals surface area (Å²) in [6, 6.07) is 5.24. The Kier molecular flexibility index (Phi) is 9.78. The van der Waals surface area contributed by atoms with Crippen molar-refractivity contribution in [2.45, 2.75) is 32.7 Å². The number of hydrogen-bond acceptors (Lipinski definition) is 3. The van der Waals surface area contributed by atoms with Crippen molar-refractivity contribution in [2.75, 3.05) is 33.4 Å². The van der Waals surface area contributed by atoms with E-state index in [4.69, 9.17) is 4.74 Å². The Morgan fingerprint density at radius 1 is 1.27 bits per heavy atom. The van der Waals surface area contributed by atoms with E-state index in [1.807, 2.05) is 19.2 Å². The summed E-state index contributed by atoms with van der Waals surface area (Å²) in [5, 5.41) is 6.53. The summed E-state index contributed by atoms with van der Waals surface area (Å²) in [7, 11) is 1.70. The first-order chi connectivity index (χ1) is 10.8. The van der Waals surface area contributed by atoms with Crippen molar-refractivity contribution in [3.05, 3.63) is 34.7 Å². The zero-order valence-electron chi connectivity index (χ0n) is 13.7. The molecule has 1 aromatic rings. The molecule has 0 aromatic carbocycles. The Bertz CT molecular complexity index is 485. The number of methoxy groups -OCH3 is 1. The van der Waals surface area contributed by atoms with E-state index >= 15 is 0 Å². The molecule has 1 heterocycles. The molecule has 0 aliphatic heterocycles. The fraction of sp³-hybridized carbons (Fsp3) is 0.625. The highest BCUT2D eigenvalue weighted by atomic mass is 16.5. The molecule has 0 aliphatic carbocycles. The quantitative estimate of drug-likeness (QED) is 0.387. The number of ether oxygens (including phenoxy) is 1. The number of guanidine groups is 1. The number of aliphatic imine (C=N–C) groups is 1. The second-order valence-electron chi connectivity index (χ2n) is 4.97. The molecule has 0 spiro atoms. The highest BCUT2D eigenvalue weighted by molar-refractivity contribution is 5.79. The number of nitrogens with zero attached hydrogens (tertiary/aromatic N) is 2. The van der Waals surface area contributed by atoms with Crippen LogP contribution in [0, 0.1) is 0 Å². The maximum Gasteiger partial charge on any atom is 0.250 e. The lowest BCUT2D eigenvalue weighted by molar-refractivity contribution is 0.197. The van der Waals surface area contributed by atoms with Crippen LogP contribution in [0.15, 0.2) is 34.2 Å². The van der Waals surface area contributed by atoms with Gasteiger partial charge in [0.1, 0.15) is 0 Å². The molecule has 6 nitrogen and oxygen atoms in total. The zero-order valence-corrected chi connectivity index (χ0v) is 13.7. The normalized spacial score (nSPS) is 11.5. The predicted octanol–water partition coefficient (Wildman–Crippen LogP) is 1.22. The van der Waals surface area contributed by atoms with Gasteiger partial charge in [-0.3, -0.25) is 9.79 Å². The molecule has 0 unspecified atom stereocenters. The highest BCUT2D eigenvalue weighted by Gasteiger charge is 1.97. The van der Waals surface area contributed by atoms with E-state index in [-0.39, 0.29) is 5.56 Å². The molecular weight excluding hydrogens is 280 g/mol. The van der Waals surface area contributed by atoms with Crippen molar-refractivity contribution in [1.29, 1.82) is 0 Å². The Morgan fingerprint density at radius 3 is 2.86 bits per heavy atom. The molecule has 0 amide bonds. The lowest BCUT2D eigenvalue weighted by Crippen LogP contribution is -2.38. The van der Waals surface area contributed by atoms with Gasteiger partial charge in [-0.05, 0) is 32.3 Å². The first kappa shape index (κ1) is 18.2. The van der Waals surface area contributed by atoms with Crippen LogP contribution < -0.4 is 16.2 Å². The van der Waals surface area contributed by atoms with E-state index in [1.54, 1.807) is 23.8 Å². The molecule has 124 valence electrons. The predicted molar refractivity (Wildman–Crippen MR) is 90.4 cm³/mol. The monoisotopic (exact) mass is 308 g/mol. The van der Waals surface area contributed by atoms with Gasteiger partial charge in [-0.1, -0.05) is 6.07 Å². The number of aryl methyl sites for hydroxylation is 1. The minimum Gasteiger partial charge on any atom is -0.385 e. The second kappa shape index (κ2) is 11.8. The summed E-state index contributed by atoms with van der Waals surface area (Å²) in [6.07, 6.45) is 4.70. The third kappa shape index (κ3) is 7.83. The number of rotatable bonds is 10. The number of pyridine rings is 1. The standard InChI is InChI=1S/C16H28N4O2/c1-3-17-16(19-11-8-14-22-2)18-10-5-7-13-20-12-6-4-9-15(20)21/h4,6,9,12H,3,5,7-8,10-11,13-14H2,1-2H3,(H2,17,18,19). The van der Waals surface area contributed by atoms with Crippen LogP contribution in [0.5, 0.6) is 0 Å². The molecule has 0 fully saturated rings. The van der Waals surface area contributed by atoms with Crippen molar-refractivity contribution < 1.29 is 4.74 Å². The molecular formula is C16H28N4O2. The summed E-state index contributed by atoms with van der Waals surface area (Å²) < 4.78 is 6.75. The lowest BCUT2D eigenvalue weighted by atomic mass is 10.3. The van der Waals surface area contributed by atoms with Gasteiger partial charge in [0.2, 0.25) is 5.56 Å². The van der Waals surface area contributed by atoms with Gasteiger partial charge in [-0.15, -0.1) is 0 Å². The van der Waals surface area contributed by atoms with E-state index in [0.717, 1.165) is 58.0 Å². The van der Waals surface area contributed by atoms with Crippen molar-refractivity contribution >= 4 is 5.96 Å². The fourth-order valence-corrected chi connectivity index (χ4v) is 2.00. The maximum absolute atomic E-state index is 11.6. The van der Waals surface area contributed by atoms with Crippen molar-refractivity contribution in [1.82, 2.24) is 15.2 Å². The second-order valence-corrected chi connectivity index (χ2v) is 4.97. The Morgan fingerprint density at radius 2 is 2.14 bits per heavy atom. The Labute approximate surface area is 132 Å². The molecule has 1 aromatic heterocycles. The number of hydrogen-bond donors (Lipinski definition) is 2. The van der Waals surface area contributed by atoms with Crippen molar-refractivity contribution in [2.24, 2.45) is 4.99 Å². The molecule has 2 N–H and O–H groups in total. The molecule has 6 heteroatoms. The van der Waals surface area contributed by atoms with Crippen LogP contribution in [-0.4, -0.2) is 43.9 Å². The first-order valence-corrected chi connectivity index (χ1v) is 7.94. The van der Waals surface area contributed by atoms with Gasteiger partial charge >= 0.3 is 0 Å². The van der Waals surface area contributed by atoms with Gasteiger partial charge in [0.25, 0.3) is 0 Å². The summed E-state index contributed by atoms with van der Waals surface area (Å²) >= 11 is 0. The van der Waals surface area contributed by atoms with Crippen LogP contribution in [0.3, 0.4) is 0 Å². The molecule has 0 atom stereocenters. The maximum atomic E-state index is 11.6. The summed E-state index contributed by atoms with van der Waals surface area (Å²) in [5.74, 6) is 0.843. The minimum atomic E-state index is 0.0588. The molecule has 0 saturated heterocycles. The van der Waals surface area contributed by atoms with Gasteiger partial charge in [-0.2, -0.15) is 0 Å². The van der Waals surface area contributed by atoms with Gasteiger partial charge in [-0.25, -0.2) is 0 Å². The molecule has 22 heavy (non-hydrogen) atoms. The van der Waals surface area contributed by atoms with Gasteiger partial charge in [0, 0.05) is 52.2 Å². The van der Waals surface area contributed by atoms with E-state index in [0.29, 0.717) is 0 Å². The molecule has 0 radical (unpaired) electrons. The van der Waals surface area contributed by atoms with Gasteiger partial charge in [0.05, 0.1) is 0 Å². The molecule has 0 bridgehead atoms. The molecule has 1 rings (SSSR count). The summed E-state index contributed by atoms with van der Waals surface area (Å²) in [4.78, 5) is 16.0. The summed E-state index contributed by atoms with van der Waals surface area (Å²) in [5.41, 5.74) is 0.0588. The third-order valence-corrected chi connectivity index (χ3v) is 3.14. The van der Waals surface area contributed by atoms with Crippen molar-refractivity contribution in [3.8, 4) is 0 Å². The number of unbranched alkanes of at least 4 members (excludes halogenated alkanes) is 1. The van der Waals surface area contributed by atoms with E-state index in [2.05, 4.69) is 15.6 Å². The number of nitrogens with one attached hydrogen (secondary N) is 2. The summed E-state index contributed by atoms with van der Waals surface area (Å²) in [6.45, 7) is 5.97. The van der Waals surface area contributed by atoms with Crippen LogP contribution in [-0.2, 0) is 11.3 Å². The smallest absolute Gasteiger partial charge is 0.250 e. The topological polar surface area (TPSA) is 67.7 Å². The lowest BCUT2D eigenvalue weighted by Gasteiger charge is -2.11.